The second-order valence-corrected chi connectivity index (χ2v) is 12.7. The quantitative estimate of drug-likeness (QED) is 0.0562. The highest BCUT2D eigenvalue weighted by atomic mass is 19.1. The van der Waals surface area contributed by atoms with Crippen LogP contribution in [0.4, 0.5) is 10.2 Å². The Morgan fingerprint density at radius 1 is 1.04 bits per heavy atom. The number of aliphatic hydroxyl groups is 1. The summed E-state index contributed by atoms with van der Waals surface area (Å²) in [6.45, 7) is 3.70. The number of esters is 1. The maximum absolute atomic E-state index is 15.5. The number of hydrogen-bond acceptors (Lipinski definition) is 9. The molecule has 264 valence electrons. The van der Waals surface area contributed by atoms with Crippen molar-refractivity contribution < 1.29 is 28.5 Å². The van der Waals surface area contributed by atoms with Crippen LogP contribution in [-0.2, 0) is 19.8 Å². The number of rotatable bonds is 14. The Kier molecular flexibility index (Phi) is 10.6. The molecule has 1 fully saturated rings. The van der Waals surface area contributed by atoms with E-state index in [2.05, 4.69) is 26.2 Å². The second kappa shape index (κ2) is 15.3. The van der Waals surface area contributed by atoms with Crippen molar-refractivity contribution in [2.24, 2.45) is 5.92 Å². The number of carbonyl (C=O) groups excluding carboxylic acids is 1. The number of fused-ring (bicyclic) bond motifs is 1. The van der Waals surface area contributed by atoms with Gasteiger partial charge >= 0.3 is 12.0 Å². The first-order valence-corrected chi connectivity index (χ1v) is 17.2. The van der Waals surface area contributed by atoms with Crippen LogP contribution in [0.1, 0.15) is 68.9 Å². The first-order valence-electron chi connectivity index (χ1n) is 17.2. The smallest absolute Gasteiger partial charge is 0.312 e. The summed E-state index contributed by atoms with van der Waals surface area (Å²) in [5.41, 5.74) is 0.280. The molecule has 11 heteroatoms. The molecule has 1 saturated heterocycles. The number of methoxy groups -OCH3 is 1. The zero-order valence-electron chi connectivity index (χ0n) is 29.0. The Hall–Kier alpha value is -5.31. The molecule has 0 amide bonds. The van der Waals surface area contributed by atoms with Crippen molar-refractivity contribution in [2.75, 3.05) is 19.0 Å². The molecular weight excluding hydrogens is 649 g/mol. The first kappa shape index (κ1) is 35.5. The zero-order valence-corrected chi connectivity index (χ0v) is 29.0. The highest BCUT2D eigenvalue weighted by Crippen LogP contribution is 2.43. The molecule has 5 aromatic rings. The summed E-state index contributed by atoms with van der Waals surface area (Å²) >= 11 is 0. The molecule has 0 aliphatic carbocycles. The number of aromatic nitrogens is 4. The standard InChI is InChI=1S/C40H42FN5O5/c1-5-14-27(15-6-2)37(48)50-25-39(7-3)32(47)24-33(51-39)46-26-42-34-35(43-38(41)44-36(34)46)45-40(28-16-10-8-11-17-28,29-18-12-9-13-19-29)30-20-22-31(49-4)23-21-30/h3,8-13,16-23,26-27,32-33,47H,5-6,14-15,24-25H2,1-2,4H3,(H,43,44,45)/t32-,33+,39+/m0/s1. The fraction of sp³-hybridized carbons (Fsp3) is 0.350. The van der Waals surface area contributed by atoms with Crippen molar-refractivity contribution in [2.45, 2.75) is 69.4 Å². The second-order valence-electron chi connectivity index (χ2n) is 12.7. The molecule has 0 radical (unpaired) electrons. The highest BCUT2D eigenvalue weighted by Gasteiger charge is 2.49. The van der Waals surface area contributed by atoms with E-state index in [0.717, 1.165) is 29.5 Å². The molecule has 2 aromatic heterocycles. The van der Waals surface area contributed by atoms with Crippen molar-refractivity contribution in [1.82, 2.24) is 19.5 Å². The van der Waals surface area contributed by atoms with E-state index in [9.17, 15) is 9.90 Å². The van der Waals surface area contributed by atoms with E-state index in [-0.39, 0.29) is 41.9 Å². The van der Waals surface area contributed by atoms with Crippen LogP contribution in [0.5, 0.6) is 5.75 Å². The summed E-state index contributed by atoms with van der Waals surface area (Å²) in [7, 11) is 1.61. The Bertz CT molecular complexity index is 1940. The summed E-state index contributed by atoms with van der Waals surface area (Å²) in [4.78, 5) is 25.9. The largest absolute Gasteiger partial charge is 0.497 e. The van der Waals surface area contributed by atoms with E-state index in [1.807, 2.05) is 98.8 Å². The van der Waals surface area contributed by atoms with Gasteiger partial charge < -0.3 is 24.6 Å². The number of nitrogens with one attached hydrogen (secondary N) is 1. The van der Waals surface area contributed by atoms with Crippen LogP contribution in [0.15, 0.2) is 91.3 Å². The third kappa shape index (κ3) is 6.89. The van der Waals surface area contributed by atoms with Crippen LogP contribution in [0.2, 0.25) is 0 Å². The lowest BCUT2D eigenvalue weighted by Gasteiger charge is -2.37. The maximum atomic E-state index is 15.5. The van der Waals surface area contributed by atoms with E-state index in [1.165, 1.54) is 10.9 Å². The van der Waals surface area contributed by atoms with Gasteiger partial charge in [0.2, 0.25) is 0 Å². The molecule has 3 atom stereocenters. The van der Waals surface area contributed by atoms with Crippen LogP contribution in [-0.4, -0.2) is 56.0 Å². The van der Waals surface area contributed by atoms with Gasteiger partial charge in [0.25, 0.3) is 0 Å². The Morgan fingerprint density at radius 3 is 2.22 bits per heavy atom. The van der Waals surface area contributed by atoms with Gasteiger partial charge in [-0.3, -0.25) is 9.36 Å². The number of ether oxygens (including phenoxy) is 3. The molecule has 1 aliphatic heterocycles. The topological polar surface area (TPSA) is 121 Å². The SMILES string of the molecule is C#C[C@]1(COC(=O)C(CCC)CCC)O[C@@H](n2cnc3c(NC(c4ccccc4)(c4ccccc4)c4ccc(OC)cc4)nc(F)nc32)C[C@@H]1O. The Morgan fingerprint density at radius 2 is 1.65 bits per heavy atom. The van der Waals surface area contributed by atoms with Gasteiger partial charge in [-0.2, -0.15) is 14.4 Å². The van der Waals surface area contributed by atoms with Gasteiger partial charge in [0.15, 0.2) is 22.6 Å². The molecule has 51 heavy (non-hydrogen) atoms. The van der Waals surface area contributed by atoms with Gasteiger partial charge in [0.1, 0.15) is 30.2 Å². The fourth-order valence-corrected chi connectivity index (χ4v) is 6.90. The normalized spacial score (nSPS) is 18.8. The minimum Gasteiger partial charge on any atom is -0.497 e. The van der Waals surface area contributed by atoms with Gasteiger partial charge in [0.05, 0.1) is 19.4 Å². The van der Waals surface area contributed by atoms with E-state index in [0.29, 0.717) is 18.6 Å². The molecule has 3 aromatic carbocycles. The number of hydrogen-bond donors (Lipinski definition) is 2. The zero-order chi connectivity index (χ0) is 36.0. The summed E-state index contributed by atoms with van der Waals surface area (Å²) in [5.74, 6) is 2.71. The average molecular weight is 692 g/mol. The number of carbonyl (C=O) groups is 1. The predicted octanol–water partition coefficient (Wildman–Crippen LogP) is 6.79. The van der Waals surface area contributed by atoms with Crippen LogP contribution in [0, 0.1) is 24.3 Å². The van der Waals surface area contributed by atoms with Crippen LogP contribution in [0.3, 0.4) is 0 Å². The average Bonchev–Trinajstić information content (AvgIpc) is 3.74. The molecule has 6 rings (SSSR count). The summed E-state index contributed by atoms with van der Waals surface area (Å²) in [6.07, 6.45) is 7.39. The molecule has 0 unspecified atom stereocenters. The summed E-state index contributed by atoms with van der Waals surface area (Å²) < 4.78 is 34.4. The van der Waals surface area contributed by atoms with E-state index in [1.54, 1.807) is 7.11 Å². The number of aliphatic hydroxyl groups excluding tert-OH is 1. The van der Waals surface area contributed by atoms with E-state index in [4.69, 9.17) is 20.6 Å². The minimum atomic E-state index is -1.61. The van der Waals surface area contributed by atoms with Gasteiger partial charge in [-0.1, -0.05) is 105 Å². The maximum Gasteiger partial charge on any atom is 0.312 e. The lowest BCUT2D eigenvalue weighted by molar-refractivity contribution is -0.161. The van der Waals surface area contributed by atoms with Gasteiger partial charge in [-0.15, -0.1) is 6.42 Å². The number of terminal acetylenes is 1. The molecule has 0 spiro atoms. The van der Waals surface area contributed by atoms with Crippen LogP contribution < -0.4 is 10.1 Å². The number of imidazole rings is 1. The van der Waals surface area contributed by atoms with Crippen molar-refractivity contribution in [1.29, 1.82) is 0 Å². The Balaban J connectivity index is 1.39. The van der Waals surface area contributed by atoms with Crippen LogP contribution >= 0.6 is 0 Å². The van der Waals surface area contributed by atoms with Crippen LogP contribution in [0.25, 0.3) is 11.2 Å². The van der Waals surface area contributed by atoms with E-state index >= 15 is 4.39 Å². The van der Waals surface area contributed by atoms with Gasteiger partial charge in [-0.05, 0) is 41.7 Å². The molecule has 0 saturated carbocycles. The first-order chi connectivity index (χ1) is 24.8. The summed E-state index contributed by atoms with van der Waals surface area (Å²) in [6, 6.07) is 27.2. The molecule has 10 nitrogen and oxygen atoms in total. The van der Waals surface area contributed by atoms with Gasteiger partial charge in [0, 0.05) is 6.42 Å². The fourth-order valence-electron chi connectivity index (χ4n) is 6.90. The number of anilines is 1. The number of halogens is 1. The predicted molar refractivity (Wildman–Crippen MR) is 191 cm³/mol. The monoisotopic (exact) mass is 691 g/mol. The minimum absolute atomic E-state index is 0.0265. The van der Waals surface area contributed by atoms with Crippen molar-refractivity contribution in [3.63, 3.8) is 0 Å². The molecule has 2 N–H and O–H groups in total. The number of nitrogens with zero attached hydrogens (tertiary/aromatic N) is 4. The molecular formula is C40H42FN5O5. The molecule has 0 bridgehead atoms. The van der Waals surface area contributed by atoms with Crippen molar-refractivity contribution in [3.05, 3.63) is 114 Å². The molecule has 1 aliphatic rings. The lowest BCUT2D eigenvalue weighted by atomic mass is 9.77. The highest BCUT2D eigenvalue weighted by molar-refractivity contribution is 5.84. The summed E-state index contributed by atoms with van der Waals surface area (Å²) in [5, 5.41) is 14.8. The van der Waals surface area contributed by atoms with Crippen molar-refractivity contribution >= 4 is 23.0 Å². The van der Waals surface area contributed by atoms with E-state index < -0.39 is 29.6 Å². The Labute approximate surface area is 297 Å². The molecule has 3 heterocycles. The number of benzene rings is 3. The third-order valence-electron chi connectivity index (χ3n) is 9.54. The van der Waals surface area contributed by atoms with Gasteiger partial charge in [-0.25, -0.2) is 4.98 Å². The van der Waals surface area contributed by atoms with Crippen molar-refractivity contribution in [3.8, 4) is 18.1 Å². The lowest BCUT2D eigenvalue weighted by Crippen LogP contribution is -2.43. The third-order valence-corrected chi connectivity index (χ3v) is 9.54.